The number of carbonyl (C=O) groups excluding carboxylic acids is 1. The molecule has 0 bridgehead atoms. The number of amides is 1. The third-order valence-corrected chi connectivity index (χ3v) is 2.98. The minimum atomic E-state index is -0.635. The molecule has 15 heavy (non-hydrogen) atoms. The molecule has 1 aliphatic rings. The van der Waals surface area contributed by atoms with E-state index >= 15 is 0 Å². The summed E-state index contributed by atoms with van der Waals surface area (Å²) in [7, 11) is 0. The molecule has 0 radical (unpaired) electrons. The van der Waals surface area contributed by atoms with Crippen molar-refractivity contribution in [1.82, 2.24) is 5.32 Å². The third kappa shape index (κ3) is 2.68. The van der Waals surface area contributed by atoms with Crippen molar-refractivity contribution >= 4 is 5.91 Å². The molecule has 88 valence electrons. The molecule has 1 saturated heterocycles. The Hall–Kier alpha value is -0.650. The van der Waals surface area contributed by atoms with Gasteiger partial charge in [0.1, 0.15) is 0 Å². The molecule has 4 N–H and O–H groups in total. The van der Waals surface area contributed by atoms with Gasteiger partial charge in [-0.2, -0.15) is 0 Å². The maximum Gasteiger partial charge on any atom is 0.230 e. The molecule has 0 saturated carbocycles. The predicted octanol–water partition coefficient (Wildman–Crippen LogP) is -0.763. The van der Waals surface area contributed by atoms with Crippen molar-refractivity contribution in [3.05, 3.63) is 0 Å². The van der Waals surface area contributed by atoms with Crippen molar-refractivity contribution in [3.63, 3.8) is 0 Å². The average molecular weight is 216 g/mol. The maximum atomic E-state index is 11.9. The van der Waals surface area contributed by atoms with Crippen molar-refractivity contribution in [1.29, 1.82) is 0 Å². The highest BCUT2D eigenvalue weighted by molar-refractivity contribution is 5.83. The lowest BCUT2D eigenvalue weighted by molar-refractivity contribution is -0.131. The lowest BCUT2D eigenvalue weighted by atomic mass is 9.84. The highest BCUT2D eigenvalue weighted by Gasteiger charge is 2.44. The first kappa shape index (κ1) is 12.4. The summed E-state index contributed by atoms with van der Waals surface area (Å²) >= 11 is 0. The predicted molar refractivity (Wildman–Crippen MR) is 56.2 cm³/mol. The molecular weight excluding hydrogens is 196 g/mol. The van der Waals surface area contributed by atoms with Crippen LogP contribution in [0.5, 0.6) is 0 Å². The van der Waals surface area contributed by atoms with Crippen LogP contribution in [0.25, 0.3) is 0 Å². The van der Waals surface area contributed by atoms with E-state index in [0.29, 0.717) is 19.6 Å². The summed E-state index contributed by atoms with van der Waals surface area (Å²) in [6.45, 7) is 4.54. The second kappa shape index (κ2) is 4.92. The van der Waals surface area contributed by atoms with Gasteiger partial charge >= 0.3 is 0 Å². The van der Waals surface area contributed by atoms with Crippen LogP contribution in [0.4, 0.5) is 0 Å². The van der Waals surface area contributed by atoms with Crippen molar-refractivity contribution < 1.29 is 14.6 Å². The smallest absolute Gasteiger partial charge is 0.230 e. The molecule has 0 aromatic carbocycles. The van der Waals surface area contributed by atoms with Gasteiger partial charge in [-0.15, -0.1) is 0 Å². The Balaban J connectivity index is 2.52. The molecule has 0 spiro atoms. The van der Waals surface area contributed by atoms with Crippen LogP contribution in [-0.4, -0.2) is 42.9 Å². The Morgan fingerprint density at radius 2 is 2.47 bits per heavy atom. The van der Waals surface area contributed by atoms with Gasteiger partial charge in [0.2, 0.25) is 5.91 Å². The molecule has 1 fully saturated rings. The van der Waals surface area contributed by atoms with Crippen LogP contribution in [0, 0.1) is 5.41 Å². The summed E-state index contributed by atoms with van der Waals surface area (Å²) in [5.41, 5.74) is 5.19. The Morgan fingerprint density at radius 3 is 2.93 bits per heavy atom. The van der Waals surface area contributed by atoms with E-state index in [-0.39, 0.29) is 24.6 Å². The van der Waals surface area contributed by atoms with Gasteiger partial charge in [0.05, 0.1) is 18.6 Å². The zero-order valence-electron chi connectivity index (χ0n) is 9.32. The Bertz CT molecular complexity index is 235. The van der Waals surface area contributed by atoms with Crippen LogP contribution in [0.15, 0.2) is 0 Å². The largest absolute Gasteiger partial charge is 0.396 e. The molecule has 0 aromatic heterocycles. The van der Waals surface area contributed by atoms with Crippen LogP contribution in [0.3, 0.4) is 0 Å². The van der Waals surface area contributed by atoms with Crippen molar-refractivity contribution in [3.8, 4) is 0 Å². The fraction of sp³-hybridized carbons (Fsp3) is 0.900. The molecule has 0 aromatic rings. The molecule has 5 heteroatoms. The molecule has 1 rings (SSSR count). The number of rotatable bonds is 4. The second-order valence-corrected chi connectivity index (χ2v) is 4.43. The average Bonchev–Trinajstić information content (AvgIpc) is 2.48. The first-order chi connectivity index (χ1) is 7.00. The molecule has 0 aliphatic carbocycles. The molecule has 3 atom stereocenters. The first-order valence-electron chi connectivity index (χ1n) is 5.26. The standard InChI is InChI=1S/C10H20N2O3/c1-7(3-4-13)12-9(14)10(2)6-15-5-8(10)11/h7-8,13H,3-6,11H2,1-2H3,(H,12,14). The monoisotopic (exact) mass is 216 g/mol. The van der Waals surface area contributed by atoms with E-state index in [2.05, 4.69) is 5.32 Å². The summed E-state index contributed by atoms with van der Waals surface area (Å²) in [6, 6.07) is -0.286. The van der Waals surface area contributed by atoms with Crippen LogP contribution >= 0.6 is 0 Å². The minimum absolute atomic E-state index is 0.0351. The highest BCUT2D eigenvalue weighted by Crippen LogP contribution is 2.27. The normalized spacial score (nSPS) is 32.7. The van der Waals surface area contributed by atoms with Crippen LogP contribution in [0.1, 0.15) is 20.3 Å². The summed E-state index contributed by atoms with van der Waals surface area (Å²) in [6.07, 6.45) is 0.553. The van der Waals surface area contributed by atoms with E-state index in [1.807, 2.05) is 13.8 Å². The first-order valence-corrected chi connectivity index (χ1v) is 5.26. The van der Waals surface area contributed by atoms with Crippen LogP contribution in [0.2, 0.25) is 0 Å². The summed E-state index contributed by atoms with van der Waals surface area (Å²) in [5.74, 6) is -0.0894. The molecule has 5 nitrogen and oxygen atoms in total. The lowest BCUT2D eigenvalue weighted by Crippen LogP contribution is -2.52. The summed E-state index contributed by atoms with van der Waals surface area (Å²) < 4.78 is 5.20. The molecule has 1 heterocycles. The van der Waals surface area contributed by atoms with Crippen molar-refractivity contribution in [2.24, 2.45) is 11.1 Å². The summed E-state index contributed by atoms with van der Waals surface area (Å²) in [4.78, 5) is 11.9. The molecule has 1 aliphatic heterocycles. The number of hydrogen-bond donors (Lipinski definition) is 3. The zero-order valence-corrected chi connectivity index (χ0v) is 9.32. The van der Waals surface area contributed by atoms with E-state index in [0.717, 1.165) is 0 Å². The van der Waals surface area contributed by atoms with E-state index in [4.69, 9.17) is 15.6 Å². The van der Waals surface area contributed by atoms with Crippen molar-refractivity contribution in [2.75, 3.05) is 19.8 Å². The SMILES string of the molecule is CC(CCO)NC(=O)C1(C)COCC1N. The van der Waals surface area contributed by atoms with E-state index < -0.39 is 5.41 Å². The van der Waals surface area contributed by atoms with E-state index in [1.54, 1.807) is 0 Å². The van der Waals surface area contributed by atoms with Crippen LogP contribution < -0.4 is 11.1 Å². The van der Waals surface area contributed by atoms with E-state index in [1.165, 1.54) is 0 Å². The quantitative estimate of drug-likeness (QED) is 0.576. The number of hydrogen-bond acceptors (Lipinski definition) is 4. The molecular formula is C10H20N2O3. The number of nitrogens with two attached hydrogens (primary N) is 1. The zero-order chi connectivity index (χ0) is 11.5. The Kier molecular flexibility index (Phi) is 4.07. The highest BCUT2D eigenvalue weighted by atomic mass is 16.5. The number of aliphatic hydroxyl groups excluding tert-OH is 1. The van der Waals surface area contributed by atoms with Gasteiger partial charge in [-0.1, -0.05) is 0 Å². The second-order valence-electron chi connectivity index (χ2n) is 4.43. The van der Waals surface area contributed by atoms with Crippen LogP contribution in [-0.2, 0) is 9.53 Å². The Morgan fingerprint density at radius 1 is 1.80 bits per heavy atom. The topological polar surface area (TPSA) is 84.6 Å². The van der Waals surface area contributed by atoms with Gasteiger partial charge in [-0.05, 0) is 20.3 Å². The molecule has 1 amide bonds. The van der Waals surface area contributed by atoms with Gasteiger partial charge in [0, 0.05) is 18.7 Å². The lowest BCUT2D eigenvalue weighted by Gasteiger charge is -2.27. The Labute approximate surface area is 90.0 Å². The van der Waals surface area contributed by atoms with Gasteiger partial charge < -0.3 is 20.9 Å². The van der Waals surface area contributed by atoms with Gasteiger partial charge in [0.15, 0.2) is 0 Å². The van der Waals surface area contributed by atoms with Gasteiger partial charge in [0.25, 0.3) is 0 Å². The number of ether oxygens (including phenoxy) is 1. The number of carbonyl (C=O) groups is 1. The van der Waals surface area contributed by atoms with Crippen molar-refractivity contribution in [2.45, 2.75) is 32.4 Å². The maximum absolute atomic E-state index is 11.9. The van der Waals surface area contributed by atoms with Gasteiger partial charge in [-0.25, -0.2) is 0 Å². The number of nitrogens with one attached hydrogen (secondary N) is 1. The van der Waals surface area contributed by atoms with Gasteiger partial charge in [-0.3, -0.25) is 4.79 Å². The summed E-state index contributed by atoms with van der Waals surface area (Å²) in [5, 5.41) is 11.6. The fourth-order valence-corrected chi connectivity index (χ4v) is 1.58. The van der Waals surface area contributed by atoms with E-state index in [9.17, 15) is 4.79 Å². The third-order valence-electron chi connectivity index (χ3n) is 2.98. The fourth-order valence-electron chi connectivity index (χ4n) is 1.58. The molecule has 3 unspecified atom stereocenters. The minimum Gasteiger partial charge on any atom is -0.396 e. The number of aliphatic hydroxyl groups is 1.